The summed E-state index contributed by atoms with van der Waals surface area (Å²) < 4.78 is 13.3. The van der Waals surface area contributed by atoms with Crippen LogP contribution in [-0.4, -0.2) is 31.1 Å². The van der Waals surface area contributed by atoms with Crippen molar-refractivity contribution in [3.8, 4) is 0 Å². The van der Waals surface area contributed by atoms with Gasteiger partial charge in [-0.15, -0.1) is 24.8 Å². The Balaban J connectivity index is 0.00000144. The lowest BCUT2D eigenvalue weighted by Gasteiger charge is -2.33. The molecule has 0 saturated carbocycles. The SMILES string of the molecule is C[C@H](c1ccc(Cl)c(F)c1)N1CCNCC1.Cl.Cl. The molecule has 1 fully saturated rings. The van der Waals surface area contributed by atoms with E-state index in [1.54, 1.807) is 6.07 Å². The van der Waals surface area contributed by atoms with E-state index < -0.39 is 0 Å². The number of nitrogens with one attached hydrogen (secondary N) is 1. The maximum Gasteiger partial charge on any atom is 0.142 e. The lowest BCUT2D eigenvalue weighted by atomic mass is 10.1. The summed E-state index contributed by atoms with van der Waals surface area (Å²) in [7, 11) is 0. The summed E-state index contributed by atoms with van der Waals surface area (Å²) in [6.45, 7) is 6.12. The zero-order chi connectivity index (χ0) is 11.5. The normalized spacial score (nSPS) is 17.5. The van der Waals surface area contributed by atoms with Crippen molar-refractivity contribution in [1.29, 1.82) is 0 Å². The van der Waals surface area contributed by atoms with Gasteiger partial charge in [-0.2, -0.15) is 0 Å². The standard InChI is InChI=1S/C12H16ClFN2.2ClH/c1-9(16-6-4-15-5-7-16)10-2-3-11(13)12(14)8-10;;/h2-3,8-9,15H,4-7H2,1H3;2*1H/t9-;;/m1../s1. The smallest absolute Gasteiger partial charge is 0.142 e. The van der Waals surface area contributed by atoms with E-state index in [-0.39, 0.29) is 41.7 Å². The largest absolute Gasteiger partial charge is 0.314 e. The maximum absolute atomic E-state index is 13.3. The number of rotatable bonds is 2. The highest BCUT2D eigenvalue weighted by Crippen LogP contribution is 2.24. The molecule has 1 saturated heterocycles. The van der Waals surface area contributed by atoms with Crippen molar-refractivity contribution < 1.29 is 4.39 Å². The first kappa shape index (κ1) is 17.9. The van der Waals surface area contributed by atoms with Gasteiger partial charge in [-0.25, -0.2) is 4.39 Å². The van der Waals surface area contributed by atoms with Gasteiger partial charge in [-0.1, -0.05) is 17.7 Å². The minimum absolute atomic E-state index is 0. The van der Waals surface area contributed by atoms with Crippen LogP contribution in [0.25, 0.3) is 0 Å². The molecule has 1 atom stereocenters. The molecule has 0 spiro atoms. The van der Waals surface area contributed by atoms with Gasteiger partial charge < -0.3 is 5.32 Å². The van der Waals surface area contributed by atoms with Gasteiger partial charge in [0.05, 0.1) is 5.02 Å². The predicted molar refractivity (Wildman–Crippen MR) is 78.8 cm³/mol. The van der Waals surface area contributed by atoms with Crippen molar-refractivity contribution in [3.05, 3.63) is 34.6 Å². The van der Waals surface area contributed by atoms with Crippen LogP contribution in [0.5, 0.6) is 0 Å². The molecule has 1 heterocycles. The minimum atomic E-state index is -0.332. The predicted octanol–water partition coefficient (Wildman–Crippen LogP) is 3.29. The van der Waals surface area contributed by atoms with Gasteiger partial charge in [0.1, 0.15) is 5.82 Å². The number of hydrogen-bond donors (Lipinski definition) is 1. The van der Waals surface area contributed by atoms with Gasteiger partial charge in [-0.05, 0) is 24.6 Å². The fourth-order valence-electron chi connectivity index (χ4n) is 2.05. The summed E-state index contributed by atoms with van der Waals surface area (Å²) in [5.74, 6) is -0.332. The van der Waals surface area contributed by atoms with Crippen LogP contribution in [-0.2, 0) is 0 Å². The van der Waals surface area contributed by atoms with E-state index in [4.69, 9.17) is 11.6 Å². The van der Waals surface area contributed by atoms with E-state index in [0.717, 1.165) is 31.7 Å². The maximum atomic E-state index is 13.3. The minimum Gasteiger partial charge on any atom is -0.314 e. The molecule has 6 heteroatoms. The number of benzene rings is 1. The second-order valence-corrected chi connectivity index (χ2v) is 4.54. The van der Waals surface area contributed by atoms with Crippen LogP contribution >= 0.6 is 36.4 Å². The Morgan fingerprint density at radius 1 is 1.28 bits per heavy atom. The third kappa shape index (κ3) is 4.25. The molecule has 0 radical (unpaired) electrons. The topological polar surface area (TPSA) is 15.3 Å². The molecular weight excluding hydrogens is 298 g/mol. The van der Waals surface area contributed by atoms with Crippen LogP contribution < -0.4 is 5.32 Å². The molecule has 104 valence electrons. The number of piperazine rings is 1. The summed E-state index contributed by atoms with van der Waals surface area (Å²) in [6.07, 6.45) is 0. The molecule has 0 aromatic heterocycles. The second-order valence-electron chi connectivity index (χ2n) is 4.14. The van der Waals surface area contributed by atoms with Crippen molar-refractivity contribution in [2.75, 3.05) is 26.2 Å². The van der Waals surface area contributed by atoms with Gasteiger partial charge >= 0.3 is 0 Å². The molecule has 18 heavy (non-hydrogen) atoms. The van der Waals surface area contributed by atoms with Gasteiger partial charge in [0, 0.05) is 32.2 Å². The molecular formula is C12H18Cl3FN2. The van der Waals surface area contributed by atoms with E-state index in [0.29, 0.717) is 0 Å². The third-order valence-electron chi connectivity index (χ3n) is 3.13. The molecule has 0 aliphatic carbocycles. The van der Waals surface area contributed by atoms with E-state index in [9.17, 15) is 4.39 Å². The fraction of sp³-hybridized carbons (Fsp3) is 0.500. The molecule has 1 N–H and O–H groups in total. The van der Waals surface area contributed by atoms with E-state index in [1.807, 2.05) is 6.07 Å². The van der Waals surface area contributed by atoms with Crippen LogP contribution in [0.3, 0.4) is 0 Å². The summed E-state index contributed by atoms with van der Waals surface area (Å²) in [5.41, 5.74) is 0.990. The molecule has 0 unspecified atom stereocenters. The molecule has 0 amide bonds. The van der Waals surface area contributed by atoms with Gasteiger partial charge in [0.25, 0.3) is 0 Å². The zero-order valence-corrected chi connectivity index (χ0v) is 12.5. The first-order chi connectivity index (χ1) is 7.68. The van der Waals surface area contributed by atoms with Crippen LogP contribution in [0.2, 0.25) is 5.02 Å². The summed E-state index contributed by atoms with van der Waals surface area (Å²) in [6, 6.07) is 5.31. The summed E-state index contributed by atoms with van der Waals surface area (Å²) >= 11 is 5.67. The Morgan fingerprint density at radius 3 is 2.44 bits per heavy atom. The Hall–Kier alpha value is -0.0600. The molecule has 1 aromatic rings. The number of nitrogens with zero attached hydrogens (tertiary/aromatic N) is 1. The van der Waals surface area contributed by atoms with E-state index in [2.05, 4.69) is 17.1 Å². The number of halogens is 4. The lowest BCUT2D eigenvalue weighted by Crippen LogP contribution is -2.44. The average Bonchev–Trinajstić information content (AvgIpc) is 2.33. The highest BCUT2D eigenvalue weighted by molar-refractivity contribution is 6.30. The Morgan fingerprint density at radius 2 is 1.89 bits per heavy atom. The second kappa shape index (κ2) is 8.18. The van der Waals surface area contributed by atoms with Gasteiger partial charge in [0.15, 0.2) is 0 Å². The zero-order valence-electron chi connectivity index (χ0n) is 10.2. The number of hydrogen-bond acceptors (Lipinski definition) is 2. The van der Waals surface area contributed by atoms with Gasteiger partial charge in [0.2, 0.25) is 0 Å². The van der Waals surface area contributed by atoms with Crippen molar-refractivity contribution in [2.45, 2.75) is 13.0 Å². The molecule has 1 aliphatic rings. The molecule has 1 aromatic carbocycles. The summed E-state index contributed by atoms with van der Waals surface area (Å²) in [4.78, 5) is 2.35. The molecule has 2 rings (SSSR count). The average molecular weight is 316 g/mol. The molecule has 2 nitrogen and oxygen atoms in total. The first-order valence-corrected chi connectivity index (χ1v) is 5.96. The molecule has 0 bridgehead atoms. The third-order valence-corrected chi connectivity index (χ3v) is 3.43. The van der Waals surface area contributed by atoms with Crippen molar-refractivity contribution in [2.24, 2.45) is 0 Å². The van der Waals surface area contributed by atoms with Crippen molar-refractivity contribution in [1.82, 2.24) is 10.2 Å². The Labute approximate surface area is 125 Å². The Kier molecular flexibility index (Phi) is 8.15. The van der Waals surface area contributed by atoms with Crippen LogP contribution in [0.1, 0.15) is 18.5 Å². The quantitative estimate of drug-likeness (QED) is 0.901. The van der Waals surface area contributed by atoms with Crippen molar-refractivity contribution >= 4 is 36.4 Å². The van der Waals surface area contributed by atoms with E-state index >= 15 is 0 Å². The highest BCUT2D eigenvalue weighted by atomic mass is 35.5. The van der Waals surface area contributed by atoms with Crippen LogP contribution in [0.15, 0.2) is 18.2 Å². The monoisotopic (exact) mass is 314 g/mol. The van der Waals surface area contributed by atoms with Gasteiger partial charge in [-0.3, -0.25) is 4.90 Å². The highest BCUT2D eigenvalue weighted by Gasteiger charge is 2.18. The first-order valence-electron chi connectivity index (χ1n) is 5.58. The van der Waals surface area contributed by atoms with E-state index in [1.165, 1.54) is 6.07 Å². The Bertz CT molecular complexity index is 370. The summed E-state index contributed by atoms with van der Waals surface area (Å²) in [5, 5.41) is 3.50. The van der Waals surface area contributed by atoms with Crippen molar-refractivity contribution in [3.63, 3.8) is 0 Å². The van der Waals surface area contributed by atoms with Crippen LogP contribution in [0, 0.1) is 5.82 Å². The fourth-order valence-corrected chi connectivity index (χ4v) is 2.17. The molecule has 1 aliphatic heterocycles. The lowest BCUT2D eigenvalue weighted by molar-refractivity contribution is 0.185. The van der Waals surface area contributed by atoms with Crippen LogP contribution in [0.4, 0.5) is 4.39 Å².